The van der Waals surface area contributed by atoms with E-state index in [1.54, 1.807) is 12.2 Å². The summed E-state index contributed by atoms with van der Waals surface area (Å²) in [6.45, 7) is 0. The van der Waals surface area contributed by atoms with E-state index < -0.39 is 12.1 Å². The molecular weight excluding hydrogens is 412 g/mol. The van der Waals surface area contributed by atoms with Gasteiger partial charge in [-0.05, 0) is 35.4 Å². The van der Waals surface area contributed by atoms with E-state index in [0.29, 0.717) is 0 Å². The minimum Gasteiger partial charge on any atom is -0.211 e. The van der Waals surface area contributed by atoms with Gasteiger partial charge in [-0.3, -0.25) is 0 Å². The van der Waals surface area contributed by atoms with Crippen LogP contribution < -0.4 is 0 Å². The Labute approximate surface area is 144 Å². The minimum atomic E-state index is -0.631. The molecule has 0 amide bonds. The normalized spacial score (nSPS) is 12.6. The second kappa shape index (κ2) is 7.97. The first-order chi connectivity index (χ1) is 10.7. The number of benzene rings is 2. The van der Waals surface area contributed by atoms with Crippen molar-refractivity contribution in [2.45, 2.75) is 12.1 Å². The summed E-state index contributed by atoms with van der Waals surface area (Å²) in [6.07, 6.45) is 3.13. The van der Waals surface area contributed by atoms with Crippen molar-refractivity contribution in [2.24, 2.45) is 9.98 Å². The Kier molecular flexibility index (Phi) is 5.99. The van der Waals surface area contributed by atoms with E-state index in [0.717, 1.165) is 20.1 Å². The van der Waals surface area contributed by atoms with Crippen molar-refractivity contribution < 1.29 is 9.59 Å². The molecule has 0 radical (unpaired) electrons. The summed E-state index contributed by atoms with van der Waals surface area (Å²) in [7, 11) is 0. The molecule has 2 rings (SSSR count). The highest BCUT2D eigenvalue weighted by atomic mass is 79.9. The van der Waals surface area contributed by atoms with Gasteiger partial charge in [-0.15, -0.1) is 0 Å². The molecule has 2 unspecified atom stereocenters. The van der Waals surface area contributed by atoms with Crippen LogP contribution in [0.1, 0.15) is 23.2 Å². The zero-order chi connectivity index (χ0) is 15.9. The molecule has 0 spiro atoms. The van der Waals surface area contributed by atoms with Crippen molar-refractivity contribution in [3.05, 3.63) is 68.6 Å². The molecule has 0 saturated heterocycles. The second-order valence-corrected chi connectivity index (χ2v) is 6.26. The fraction of sp³-hybridized carbons (Fsp3) is 0.125. The third-order valence-corrected chi connectivity index (χ3v) is 4.16. The Balaban J connectivity index is 2.50. The van der Waals surface area contributed by atoms with Crippen LogP contribution in [0.3, 0.4) is 0 Å². The van der Waals surface area contributed by atoms with Gasteiger partial charge in [-0.2, -0.15) is 9.98 Å². The zero-order valence-corrected chi connectivity index (χ0v) is 14.4. The maximum atomic E-state index is 10.8. The fourth-order valence-corrected chi connectivity index (χ4v) is 2.62. The number of rotatable bonds is 5. The smallest absolute Gasteiger partial charge is 0.211 e. The molecule has 4 nitrogen and oxygen atoms in total. The van der Waals surface area contributed by atoms with E-state index in [-0.39, 0.29) is 0 Å². The maximum absolute atomic E-state index is 10.8. The van der Waals surface area contributed by atoms with E-state index in [2.05, 4.69) is 41.8 Å². The fourth-order valence-electron chi connectivity index (χ4n) is 2.09. The number of carbonyl (C=O) groups excluding carboxylic acids is 2. The highest BCUT2D eigenvalue weighted by Gasteiger charge is 2.24. The lowest BCUT2D eigenvalue weighted by molar-refractivity contribution is 0.526. The molecular formula is C16H10Br2N2O2. The van der Waals surface area contributed by atoms with E-state index in [1.165, 1.54) is 0 Å². The Morgan fingerprint density at radius 1 is 0.682 bits per heavy atom. The van der Waals surface area contributed by atoms with Gasteiger partial charge in [0.25, 0.3) is 0 Å². The first-order valence-electron chi connectivity index (χ1n) is 6.30. The van der Waals surface area contributed by atoms with Crippen molar-refractivity contribution in [1.82, 2.24) is 0 Å². The lowest BCUT2D eigenvalue weighted by Gasteiger charge is -2.19. The average molecular weight is 422 g/mol. The molecule has 0 saturated carbocycles. The van der Waals surface area contributed by atoms with Crippen LogP contribution in [0, 0.1) is 0 Å². The van der Waals surface area contributed by atoms with Crippen molar-refractivity contribution in [1.29, 1.82) is 0 Å². The van der Waals surface area contributed by atoms with E-state index in [9.17, 15) is 9.59 Å². The Hall–Kier alpha value is -1.84. The lowest BCUT2D eigenvalue weighted by atomic mass is 9.94. The highest BCUT2D eigenvalue weighted by Crippen LogP contribution is 2.35. The van der Waals surface area contributed by atoms with Crippen molar-refractivity contribution in [3.8, 4) is 0 Å². The average Bonchev–Trinajstić information content (AvgIpc) is 2.53. The molecule has 110 valence electrons. The van der Waals surface area contributed by atoms with Gasteiger partial charge in [0.05, 0.1) is 0 Å². The molecule has 0 aliphatic rings. The molecule has 0 bridgehead atoms. The van der Waals surface area contributed by atoms with Gasteiger partial charge in [-0.25, -0.2) is 9.59 Å². The largest absolute Gasteiger partial charge is 0.235 e. The first-order valence-corrected chi connectivity index (χ1v) is 7.89. The number of hydrogen-bond donors (Lipinski definition) is 0. The molecule has 0 aliphatic heterocycles. The van der Waals surface area contributed by atoms with Gasteiger partial charge in [0.15, 0.2) is 0 Å². The van der Waals surface area contributed by atoms with Crippen LogP contribution in [0.15, 0.2) is 67.5 Å². The summed E-state index contributed by atoms with van der Waals surface area (Å²) < 4.78 is 1.81. The number of nitrogens with zero attached hydrogens (tertiary/aromatic N) is 2. The monoisotopic (exact) mass is 420 g/mol. The summed E-state index contributed by atoms with van der Waals surface area (Å²) >= 11 is 6.71. The number of isocyanates is 2. The Morgan fingerprint density at radius 2 is 1.00 bits per heavy atom. The van der Waals surface area contributed by atoms with Crippen LogP contribution in [0.4, 0.5) is 0 Å². The maximum Gasteiger partial charge on any atom is 0.235 e. The summed E-state index contributed by atoms with van der Waals surface area (Å²) in [6, 6.07) is 13.4. The Morgan fingerprint density at radius 3 is 1.27 bits per heavy atom. The molecule has 2 atom stereocenters. The minimum absolute atomic E-state index is 0.631. The molecule has 0 heterocycles. The third kappa shape index (κ3) is 4.09. The third-order valence-electron chi connectivity index (χ3n) is 3.11. The van der Waals surface area contributed by atoms with Crippen LogP contribution in [-0.4, -0.2) is 12.2 Å². The molecule has 0 aromatic heterocycles. The van der Waals surface area contributed by atoms with Crippen LogP contribution in [0.25, 0.3) is 0 Å². The highest BCUT2D eigenvalue weighted by molar-refractivity contribution is 9.10. The van der Waals surface area contributed by atoms with Gasteiger partial charge in [0, 0.05) is 8.95 Å². The molecule has 22 heavy (non-hydrogen) atoms. The Bertz CT molecular complexity index is 666. The lowest BCUT2D eigenvalue weighted by Crippen LogP contribution is -2.07. The van der Waals surface area contributed by atoms with Crippen LogP contribution >= 0.6 is 31.9 Å². The quantitative estimate of drug-likeness (QED) is 0.520. The molecule has 6 heteroatoms. The first kappa shape index (κ1) is 16.5. The van der Waals surface area contributed by atoms with Gasteiger partial charge < -0.3 is 0 Å². The van der Waals surface area contributed by atoms with E-state index in [4.69, 9.17) is 0 Å². The standard InChI is InChI=1S/C16H10Br2N2O2/c17-13-5-1-11(2-6-13)15(19-9-21)16(20-10-22)12-3-7-14(18)8-4-12/h1-8,15-16H. The SMILES string of the molecule is O=C=NC(c1ccc(Br)cc1)C(N=C=O)c1ccc(Br)cc1. The molecule has 0 N–H and O–H groups in total. The van der Waals surface area contributed by atoms with Crippen molar-refractivity contribution in [3.63, 3.8) is 0 Å². The number of halogens is 2. The predicted octanol–water partition coefficient (Wildman–Crippen LogP) is 4.67. The zero-order valence-electron chi connectivity index (χ0n) is 11.2. The predicted molar refractivity (Wildman–Crippen MR) is 90.0 cm³/mol. The summed E-state index contributed by atoms with van der Waals surface area (Å²) in [5.41, 5.74) is 1.52. The van der Waals surface area contributed by atoms with Gasteiger partial charge in [0.1, 0.15) is 12.1 Å². The van der Waals surface area contributed by atoms with Gasteiger partial charge in [0.2, 0.25) is 12.2 Å². The second-order valence-electron chi connectivity index (χ2n) is 4.43. The topological polar surface area (TPSA) is 58.9 Å². The molecule has 2 aromatic carbocycles. The molecule has 0 aliphatic carbocycles. The number of aliphatic imine (C=N–C) groups is 2. The van der Waals surface area contributed by atoms with Gasteiger partial charge >= 0.3 is 0 Å². The summed E-state index contributed by atoms with van der Waals surface area (Å²) in [5.74, 6) is 0. The van der Waals surface area contributed by atoms with Crippen LogP contribution in [-0.2, 0) is 9.59 Å². The van der Waals surface area contributed by atoms with Crippen LogP contribution in [0.5, 0.6) is 0 Å². The van der Waals surface area contributed by atoms with Gasteiger partial charge in [-0.1, -0.05) is 56.1 Å². The summed E-state index contributed by atoms with van der Waals surface area (Å²) in [4.78, 5) is 29.3. The molecule has 2 aromatic rings. The van der Waals surface area contributed by atoms with Crippen molar-refractivity contribution in [2.75, 3.05) is 0 Å². The van der Waals surface area contributed by atoms with E-state index >= 15 is 0 Å². The number of hydrogen-bond acceptors (Lipinski definition) is 4. The van der Waals surface area contributed by atoms with E-state index in [1.807, 2.05) is 48.5 Å². The summed E-state index contributed by atoms with van der Waals surface area (Å²) in [5, 5.41) is 0. The van der Waals surface area contributed by atoms with Crippen LogP contribution in [0.2, 0.25) is 0 Å². The molecule has 0 fully saturated rings. The van der Waals surface area contributed by atoms with Crippen molar-refractivity contribution >= 4 is 44.0 Å².